The molecule has 0 N–H and O–H groups in total. The number of thiazole rings is 1. The molecule has 0 bridgehead atoms. The van der Waals surface area contributed by atoms with Crippen molar-refractivity contribution in [3.05, 3.63) is 70.5 Å². The highest BCUT2D eigenvalue weighted by molar-refractivity contribution is 7.13. The predicted molar refractivity (Wildman–Crippen MR) is 102 cm³/mol. The SMILES string of the molecule is CC(C)N(Cc1cccnc1)C(=O)c1csc(-c2ccc(Cl)cc2)n1. The molecule has 0 aliphatic heterocycles. The average Bonchev–Trinajstić information content (AvgIpc) is 3.10. The van der Waals surface area contributed by atoms with Crippen LogP contribution in [0, 0.1) is 0 Å². The smallest absolute Gasteiger partial charge is 0.273 e. The van der Waals surface area contributed by atoms with Crippen LogP contribution in [0.5, 0.6) is 0 Å². The summed E-state index contributed by atoms with van der Waals surface area (Å²) in [4.78, 5) is 23.4. The van der Waals surface area contributed by atoms with Gasteiger partial charge in [-0.25, -0.2) is 4.98 Å². The molecule has 25 heavy (non-hydrogen) atoms. The van der Waals surface area contributed by atoms with E-state index in [1.165, 1.54) is 11.3 Å². The molecule has 3 aromatic rings. The van der Waals surface area contributed by atoms with Gasteiger partial charge in [0, 0.05) is 40.9 Å². The highest BCUT2D eigenvalue weighted by Gasteiger charge is 2.22. The molecule has 1 amide bonds. The van der Waals surface area contributed by atoms with Crippen molar-refractivity contribution in [1.29, 1.82) is 0 Å². The first-order valence-electron chi connectivity index (χ1n) is 7.96. The molecular formula is C19H18ClN3OS. The topological polar surface area (TPSA) is 46.1 Å². The van der Waals surface area contributed by atoms with Crippen LogP contribution in [-0.2, 0) is 6.54 Å². The summed E-state index contributed by atoms with van der Waals surface area (Å²) in [7, 11) is 0. The Morgan fingerprint density at radius 3 is 2.64 bits per heavy atom. The summed E-state index contributed by atoms with van der Waals surface area (Å²) in [5.41, 5.74) is 2.42. The number of pyridine rings is 1. The van der Waals surface area contributed by atoms with Crippen molar-refractivity contribution in [3.63, 3.8) is 0 Å². The summed E-state index contributed by atoms with van der Waals surface area (Å²) in [6, 6.07) is 11.4. The third-order valence-electron chi connectivity index (χ3n) is 3.77. The first kappa shape index (κ1) is 17.6. The first-order valence-corrected chi connectivity index (χ1v) is 9.21. The zero-order valence-corrected chi connectivity index (χ0v) is 15.6. The molecule has 128 valence electrons. The van der Waals surface area contributed by atoms with Crippen LogP contribution in [0.25, 0.3) is 10.6 Å². The van der Waals surface area contributed by atoms with Gasteiger partial charge in [-0.2, -0.15) is 0 Å². The number of carbonyl (C=O) groups is 1. The van der Waals surface area contributed by atoms with Gasteiger partial charge in [-0.05, 0) is 37.6 Å². The molecule has 6 heteroatoms. The van der Waals surface area contributed by atoms with Gasteiger partial charge in [0.15, 0.2) is 0 Å². The summed E-state index contributed by atoms with van der Waals surface area (Å²) >= 11 is 7.38. The maximum absolute atomic E-state index is 12.9. The number of amides is 1. The first-order chi connectivity index (χ1) is 12.0. The lowest BCUT2D eigenvalue weighted by Gasteiger charge is -2.26. The van der Waals surface area contributed by atoms with Crippen LogP contribution in [0.2, 0.25) is 5.02 Å². The zero-order chi connectivity index (χ0) is 17.8. The van der Waals surface area contributed by atoms with Gasteiger partial charge in [0.25, 0.3) is 5.91 Å². The fraction of sp³-hybridized carbons (Fsp3) is 0.211. The van der Waals surface area contributed by atoms with Crippen LogP contribution in [0.15, 0.2) is 54.2 Å². The second-order valence-corrected chi connectivity index (χ2v) is 7.23. The van der Waals surface area contributed by atoms with E-state index in [0.29, 0.717) is 17.3 Å². The highest BCUT2D eigenvalue weighted by Crippen LogP contribution is 2.26. The van der Waals surface area contributed by atoms with E-state index in [9.17, 15) is 4.79 Å². The van der Waals surface area contributed by atoms with Gasteiger partial charge in [0.05, 0.1) is 0 Å². The Morgan fingerprint density at radius 2 is 2.00 bits per heavy atom. The summed E-state index contributed by atoms with van der Waals surface area (Å²) in [5, 5.41) is 3.30. The number of nitrogens with zero attached hydrogens (tertiary/aromatic N) is 3. The maximum atomic E-state index is 12.9. The summed E-state index contributed by atoms with van der Waals surface area (Å²) in [6.45, 7) is 4.51. The average molecular weight is 372 g/mol. The van der Waals surface area contributed by atoms with Crippen molar-refractivity contribution >= 4 is 28.8 Å². The molecule has 0 unspecified atom stereocenters. The monoisotopic (exact) mass is 371 g/mol. The lowest BCUT2D eigenvalue weighted by atomic mass is 10.2. The fourth-order valence-electron chi connectivity index (χ4n) is 2.42. The Labute approximate surface area is 156 Å². The van der Waals surface area contributed by atoms with E-state index in [4.69, 9.17) is 11.6 Å². The largest absolute Gasteiger partial charge is 0.330 e. The number of hydrogen-bond acceptors (Lipinski definition) is 4. The maximum Gasteiger partial charge on any atom is 0.273 e. The molecule has 0 fully saturated rings. The Morgan fingerprint density at radius 1 is 1.24 bits per heavy atom. The fourth-order valence-corrected chi connectivity index (χ4v) is 3.35. The number of hydrogen-bond donors (Lipinski definition) is 0. The molecule has 3 rings (SSSR count). The molecular weight excluding hydrogens is 354 g/mol. The van der Waals surface area contributed by atoms with E-state index < -0.39 is 0 Å². The normalized spacial score (nSPS) is 10.9. The van der Waals surface area contributed by atoms with E-state index >= 15 is 0 Å². The van der Waals surface area contributed by atoms with Crippen LogP contribution < -0.4 is 0 Å². The highest BCUT2D eigenvalue weighted by atomic mass is 35.5. The Bertz CT molecular complexity index is 847. The van der Waals surface area contributed by atoms with Gasteiger partial charge in [-0.1, -0.05) is 29.8 Å². The van der Waals surface area contributed by atoms with Crippen molar-refractivity contribution in [2.75, 3.05) is 0 Å². The minimum absolute atomic E-state index is 0.0633. The van der Waals surface area contributed by atoms with Gasteiger partial charge < -0.3 is 4.90 Å². The quantitative estimate of drug-likeness (QED) is 0.640. The molecule has 0 spiro atoms. The van der Waals surface area contributed by atoms with Gasteiger partial charge in [-0.3, -0.25) is 9.78 Å². The number of aromatic nitrogens is 2. The van der Waals surface area contributed by atoms with Crippen LogP contribution in [-0.4, -0.2) is 26.8 Å². The minimum atomic E-state index is -0.0738. The summed E-state index contributed by atoms with van der Waals surface area (Å²) < 4.78 is 0. The van der Waals surface area contributed by atoms with Gasteiger partial charge >= 0.3 is 0 Å². The zero-order valence-electron chi connectivity index (χ0n) is 14.0. The van der Waals surface area contributed by atoms with Crippen molar-refractivity contribution in [3.8, 4) is 10.6 Å². The van der Waals surface area contributed by atoms with Gasteiger partial charge in [0.2, 0.25) is 0 Å². The molecule has 2 heterocycles. The Balaban J connectivity index is 1.82. The summed E-state index contributed by atoms with van der Waals surface area (Å²) in [5.74, 6) is -0.0738. The van der Waals surface area contributed by atoms with Gasteiger partial charge in [0.1, 0.15) is 10.7 Å². The molecule has 0 aliphatic carbocycles. The van der Waals surface area contributed by atoms with E-state index in [-0.39, 0.29) is 11.9 Å². The van der Waals surface area contributed by atoms with Crippen molar-refractivity contribution in [2.45, 2.75) is 26.4 Å². The third-order valence-corrected chi connectivity index (χ3v) is 4.92. The van der Waals surface area contributed by atoms with E-state index in [0.717, 1.165) is 16.1 Å². The lowest BCUT2D eigenvalue weighted by Crippen LogP contribution is -2.36. The number of carbonyl (C=O) groups excluding carboxylic acids is 1. The lowest BCUT2D eigenvalue weighted by molar-refractivity contribution is 0.0685. The molecule has 0 saturated heterocycles. The number of halogens is 1. The van der Waals surface area contributed by atoms with Crippen molar-refractivity contribution in [1.82, 2.24) is 14.9 Å². The molecule has 2 aromatic heterocycles. The van der Waals surface area contributed by atoms with E-state index in [1.54, 1.807) is 17.3 Å². The van der Waals surface area contributed by atoms with E-state index in [2.05, 4.69) is 9.97 Å². The molecule has 1 aromatic carbocycles. The van der Waals surface area contributed by atoms with Crippen LogP contribution in [0.3, 0.4) is 0 Å². The Kier molecular flexibility index (Phi) is 5.46. The molecule has 0 atom stereocenters. The van der Waals surface area contributed by atoms with Crippen molar-refractivity contribution < 1.29 is 4.79 Å². The Hall–Kier alpha value is -2.24. The predicted octanol–water partition coefficient (Wildman–Crippen LogP) is 4.91. The van der Waals surface area contributed by atoms with Crippen LogP contribution in [0.1, 0.15) is 29.9 Å². The number of benzene rings is 1. The van der Waals surface area contributed by atoms with Crippen LogP contribution >= 0.6 is 22.9 Å². The van der Waals surface area contributed by atoms with E-state index in [1.807, 2.05) is 55.6 Å². The second kappa shape index (κ2) is 7.76. The standard InChI is InChI=1S/C19H18ClN3OS/c1-13(2)23(11-14-4-3-9-21-10-14)19(24)17-12-25-18(22-17)15-5-7-16(20)8-6-15/h3-10,12-13H,11H2,1-2H3. The van der Waals surface area contributed by atoms with Gasteiger partial charge in [-0.15, -0.1) is 11.3 Å². The minimum Gasteiger partial charge on any atom is -0.330 e. The molecule has 0 saturated carbocycles. The summed E-state index contributed by atoms with van der Waals surface area (Å²) in [6.07, 6.45) is 3.51. The van der Waals surface area contributed by atoms with Crippen LogP contribution in [0.4, 0.5) is 0 Å². The molecule has 0 radical (unpaired) electrons. The molecule has 4 nitrogen and oxygen atoms in total. The molecule has 0 aliphatic rings. The number of rotatable bonds is 5. The second-order valence-electron chi connectivity index (χ2n) is 5.93. The third kappa shape index (κ3) is 4.24. The van der Waals surface area contributed by atoms with Crippen molar-refractivity contribution in [2.24, 2.45) is 0 Å².